The first kappa shape index (κ1) is 6.54. The van der Waals surface area contributed by atoms with E-state index in [0.29, 0.717) is 10.5 Å². The van der Waals surface area contributed by atoms with Gasteiger partial charge in [0, 0.05) is 11.5 Å². The molecule has 0 bridgehead atoms. The summed E-state index contributed by atoms with van der Waals surface area (Å²) in [5, 5.41) is 10.9. The maximum atomic E-state index is 11.0. The molecule has 0 aromatic heterocycles. The first-order valence-electron chi connectivity index (χ1n) is 3.06. The van der Waals surface area contributed by atoms with Crippen molar-refractivity contribution in [2.45, 2.75) is 4.90 Å². The second kappa shape index (κ2) is 2.17. The first-order valence-corrected chi connectivity index (χ1v) is 4.17. The normalized spacial score (nSPS) is 21.1. The highest BCUT2D eigenvalue weighted by molar-refractivity contribution is 7.84. The van der Waals surface area contributed by atoms with E-state index in [1.54, 1.807) is 24.3 Å². The number of benzene rings is 1. The topological polar surface area (TPSA) is 52.5 Å². The third-order valence-electron chi connectivity index (χ3n) is 1.47. The van der Waals surface area contributed by atoms with Crippen LogP contribution >= 0.6 is 0 Å². The molecule has 56 valence electrons. The monoisotopic (exact) mass is 166 g/mol. The molecule has 0 saturated heterocycles. The molecule has 4 heteroatoms. The van der Waals surface area contributed by atoms with E-state index in [9.17, 15) is 9.32 Å². The lowest BCUT2D eigenvalue weighted by molar-refractivity contribution is -0.212. The summed E-state index contributed by atoms with van der Waals surface area (Å²) in [5.74, 6) is -0.376. The summed E-state index contributed by atoms with van der Waals surface area (Å²) in [6, 6.07) is 6.76. The Kier molecular flexibility index (Phi) is 1.29. The second-order valence-corrected chi connectivity index (χ2v) is 3.26. The molecule has 1 heterocycles. The zero-order valence-electron chi connectivity index (χ0n) is 5.48. The fourth-order valence-corrected chi connectivity index (χ4v) is 1.86. The van der Waals surface area contributed by atoms with Gasteiger partial charge in [-0.05, 0) is 6.07 Å². The van der Waals surface area contributed by atoms with Crippen LogP contribution in [0.1, 0.15) is 5.56 Å². The summed E-state index contributed by atoms with van der Waals surface area (Å²) < 4.78 is 14.4. The van der Waals surface area contributed by atoms with E-state index >= 15 is 0 Å². The summed E-state index contributed by atoms with van der Waals surface area (Å²) in [6.07, 6.45) is 0. The van der Waals surface area contributed by atoms with Gasteiger partial charge < -0.3 is 5.11 Å². The molecule has 1 aliphatic rings. The van der Waals surface area contributed by atoms with Gasteiger partial charge in [-0.15, -0.1) is 0 Å². The van der Waals surface area contributed by atoms with Gasteiger partial charge in [-0.2, -0.15) is 4.40 Å². The van der Waals surface area contributed by atoms with Crippen LogP contribution in [0.3, 0.4) is 0 Å². The van der Waals surface area contributed by atoms with Gasteiger partial charge in [-0.3, -0.25) is 0 Å². The van der Waals surface area contributed by atoms with Gasteiger partial charge in [0.1, 0.15) is 0 Å². The number of nitrogens with zero attached hydrogens (tertiary/aromatic N) is 1. The van der Waals surface area contributed by atoms with Crippen molar-refractivity contribution in [2.24, 2.45) is 4.40 Å². The number of fused-ring (bicyclic) bond motifs is 1. The molecule has 1 unspecified atom stereocenters. The van der Waals surface area contributed by atoms with Crippen LogP contribution in [0, 0.1) is 0 Å². The summed E-state index contributed by atoms with van der Waals surface area (Å²) in [5.41, 5.74) is 0.464. The Bertz CT molecular complexity index is 359. The van der Waals surface area contributed by atoms with Crippen LogP contribution in [-0.2, 0) is 11.0 Å². The van der Waals surface area contributed by atoms with Crippen molar-refractivity contribution >= 4 is 16.9 Å². The van der Waals surface area contributed by atoms with Crippen molar-refractivity contribution < 1.29 is 9.32 Å². The van der Waals surface area contributed by atoms with E-state index in [1.807, 2.05) is 0 Å². The Morgan fingerprint density at radius 2 is 2.09 bits per heavy atom. The van der Waals surface area contributed by atoms with Gasteiger partial charge in [-0.25, -0.2) is 4.21 Å². The van der Waals surface area contributed by atoms with E-state index in [2.05, 4.69) is 4.40 Å². The highest BCUT2D eigenvalue weighted by Gasteiger charge is 2.14. The van der Waals surface area contributed by atoms with Crippen LogP contribution in [-0.4, -0.2) is 10.1 Å². The minimum atomic E-state index is -1.45. The third kappa shape index (κ3) is 0.867. The van der Waals surface area contributed by atoms with E-state index in [0.717, 1.165) is 0 Å². The largest absolute Gasteiger partial charge is 0.858 e. The Morgan fingerprint density at radius 1 is 1.36 bits per heavy atom. The van der Waals surface area contributed by atoms with Gasteiger partial charge in [0.15, 0.2) is 11.0 Å². The van der Waals surface area contributed by atoms with Crippen molar-refractivity contribution in [3.8, 4) is 0 Å². The van der Waals surface area contributed by atoms with Crippen molar-refractivity contribution in [1.82, 2.24) is 0 Å². The number of hydrogen-bond donors (Lipinski definition) is 0. The molecular formula is C7H4NO2S-. The van der Waals surface area contributed by atoms with Gasteiger partial charge >= 0.3 is 0 Å². The van der Waals surface area contributed by atoms with Crippen LogP contribution < -0.4 is 5.11 Å². The van der Waals surface area contributed by atoms with Crippen molar-refractivity contribution in [3.63, 3.8) is 0 Å². The van der Waals surface area contributed by atoms with E-state index < -0.39 is 11.0 Å². The zero-order valence-corrected chi connectivity index (χ0v) is 6.30. The van der Waals surface area contributed by atoms with Gasteiger partial charge in [0.2, 0.25) is 0 Å². The molecule has 1 aliphatic heterocycles. The van der Waals surface area contributed by atoms with Gasteiger partial charge in [0.05, 0.1) is 4.90 Å². The zero-order chi connectivity index (χ0) is 7.84. The molecule has 1 aromatic carbocycles. The lowest BCUT2D eigenvalue weighted by Gasteiger charge is -2.02. The average molecular weight is 166 g/mol. The Hall–Kier alpha value is -1.16. The number of rotatable bonds is 0. The van der Waals surface area contributed by atoms with Crippen molar-refractivity contribution in [1.29, 1.82) is 0 Å². The Morgan fingerprint density at radius 3 is 2.82 bits per heavy atom. The molecule has 0 saturated carbocycles. The summed E-state index contributed by atoms with van der Waals surface area (Å²) in [4.78, 5) is 0.525. The fraction of sp³-hybridized carbons (Fsp3) is 0. The van der Waals surface area contributed by atoms with Crippen LogP contribution in [0.25, 0.3) is 0 Å². The minimum absolute atomic E-state index is 0.376. The minimum Gasteiger partial charge on any atom is -0.858 e. The Balaban J connectivity index is 2.71. The van der Waals surface area contributed by atoms with E-state index in [1.165, 1.54) is 0 Å². The third-order valence-corrected chi connectivity index (χ3v) is 2.54. The van der Waals surface area contributed by atoms with Gasteiger partial charge in [-0.1, -0.05) is 18.2 Å². The standard InChI is InChI=1S/C7H5NO2S/c9-7-5-3-1-2-4-6(5)11(10)8-7/h1-4H,(H,8,9)/p-1. The van der Waals surface area contributed by atoms with Crippen LogP contribution in [0.2, 0.25) is 0 Å². The van der Waals surface area contributed by atoms with Crippen LogP contribution in [0.5, 0.6) is 0 Å². The number of hydrogen-bond acceptors (Lipinski definition) is 2. The van der Waals surface area contributed by atoms with Crippen LogP contribution in [0.4, 0.5) is 0 Å². The molecule has 1 atom stereocenters. The average Bonchev–Trinajstić information content (AvgIpc) is 2.30. The second-order valence-electron chi connectivity index (χ2n) is 2.14. The highest BCUT2D eigenvalue weighted by atomic mass is 32.2. The molecule has 2 rings (SSSR count). The molecule has 11 heavy (non-hydrogen) atoms. The van der Waals surface area contributed by atoms with Crippen LogP contribution in [0.15, 0.2) is 33.6 Å². The molecule has 0 amide bonds. The van der Waals surface area contributed by atoms with E-state index in [4.69, 9.17) is 0 Å². The van der Waals surface area contributed by atoms with Crippen molar-refractivity contribution in [2.75, 3.05) is 0 Å². The molecule has 1 aromatic rings. The molecule has 0 fully saturated rings. The summed E-state index contributed by atoms with van der Waals surface area (Å²) in [6.45, 7) is 0. The summed E-state index contributed by atoms with van der Waals surface area (Å²) >= 11 is 0. The smallest absolute Gasteiger partial charge is 0.172 e. The molecular weight excluding hydrogens is 162 g/mol. The maximum Gasteiger partial charge on any atom is 0.172 e. The van der Waals surface area contributed by atoms with Crippen molar-refractivity contribution in [3.05, 3.63) is 29.8 Å². The lowest BCUT2D eigenvalue weighted by Crippen LogP contribution is -2.15. The first-order chi connectivity index (χ1) is 5.29. The lowest BCUT2D eigenvalue weighted by atomic mass is 10.2. The SMILES string of the molecule is O=S1N=C([O-])c2ccccc21. The summed E-state index contributed by atoms with van der Waals surface area (Å²) in [7, 11) is -1.45. The maximum absolute atomic E-state index is 11.0. The fourth-order valence-electron chi connectivity index (χ4n) is 0.969. The molecule has 0 aliphatic carbocycles. The molecule has 0 radical (unpaired) electrons. The molecule has 0 spiro atoms. The Labute approximate surface area is 66.0 Å². The predicted molar refractivity (Wildman–Crippen MR) is 39.4 cm³/mol. The molecule has 0 N–H and O–H groups in total. The quantitative estimate of drug-likeness (QED) is 0.537. The highest BCUT2D eigenvalue weighted by Crippen LogP contribution is 2.19. The molecule has 3 nitrogen and oxygen atoms in total. The predicted octanol–water partition coefficient (Wildman–Crippen LogP) is -0.170. The van der Waals surface area contributed by atoms with E-state index in [-0.39, 0.29) is 5.90 Å². The van der Waals surface area contributed by atoms with Gasteiger partial charge in [0.25, 0.3) is 0 Å².